The van der Waals surface area contributed by atoms with Crippen molar-refractivity contribution in [2.45, 2.75) is 13.0 Å². The molecule has 4 heteroatoms. The van der Waals surface area contributed by atoms with Crippen LogP contribution in [0.2, 0.25) is 0 Å². The second kappa shape index (κ2) is 6.62. The summed E-state index contributed by atoms with van der Waals surface area (Å²) in [5.74, 6) is 0. The molecule has 0 aliphatic carbocycles. The standard InChI is InChI=1S/C9H16N2O2/c1-12-7-8-13-6-2-4-11-5-3-10-9-11/h3,5,9H,2,4,6-8H2,1H3. The summed E-state index contributed by atoms with van der Waals surface area (Å²) in [5, 5.41) is 0. The summed E-state index contributed by atoms with van der Waals surface area (Å²) < 4.78 is 12.2. The zero-order chi connectivity index (χ0) is 9.36. The average Bonchev–Trinajstić information content (AvgIpc) is 2.63. The third-order valence-corrected chi connectivity index (χ3v) is 1.70. The van der Waals surface area contributed by atoms with Gasteiger partial charge in [0.05, 0.1) is 19.5 Å². The number of imidazole rings is 1. The largest absolute Gasteiger partial charge is 0.382 e. The highest BCUT2D eigenvalue weighted by atomic mass is 16.5. The van der Waals surface area contributed by atoms with Crippen LogP contribution in [-0.4, -0.2) is 36.5 Å². The number of methoxy groups -OCH3 is 1. The molecule has 0 spiro atoms. The Kier molecular flexibility index (Phi) is 5.20. The van der Waals surface area contributed by atoms with Gasteiger partial charge in [-0.2, -0.15) is 0 Å². The summed E-state index contributed by atoms with van der Waals surface area (Å²) in [6.07, 6.45) is 6.57. The van der Waals surface area contributed by atoms with Gasteiger partial charge in [0.2, 0.25) is 0 Å². The number of hydrogen-bond acceptors (Lipinski definition) is 3. The molecular formula is C9H16N2O2. The molecule has 0 saturated carbocycles. The second-order valence-electron chi connectivity index (χ2n) is 2.76. The molecule has 1 rings (SSSR count). The maximum Gasteiger partial charge on any atom is 0.0945 e. The summed E-state index contributed by atoms with van der Waals surface area (Å²) in [7, 11) is 1.68. The number of hydrogen-bond donors (Lipinski definition) is 0. The van der Waals surface area contributed by atoms with Crippen molar-refractivity contribution in [3.8, 4) is 0 Å². The Labute approximate surface area is 78.5 Å². The predicted molar refractivity (Wildman–Crippen MR) is 49.5 cm³/mol. The highest BCUT2D eigenvalue weighted by molar-refractivity contribution is 4.73. The fourth-order valence-corrected chi connectivity index (χ4v) is 1.01. The molecule has 0 aliphatic rings. The van der Waals surface area contributed by atoms with Crippen LogP contribution in [0.3, 0.4) is 0 Å². The quantitative estimate of drug-likeness (QED) is 0.592. The highest BCUT2D eigenvalue weighted by Gasteiger charge is 1.90. The van der Waals surface area contributed by atoms with Crippen LogP contribution in [0, 0.1) is 0 Å². The molecule has 13 heavy (non-hydrogen) atoms. The topological polar surface area (TPSA) is 36.3 Å². The van der Waals surface area contributed by atoms with Crippen LogP contribution < -0.4 is 0 Å². The second-order valence-corrected chi connectivity index (χ2v) is 2.76. The predicted octanol–water partition coefficient (Wildman–Crippen LogP) is 0.936. The van der Waals surface area contributed by atoms with E-state index in [2.05, 4.69) is 4.98 Å². The monoisotopic (exact) mass is 184 g/mol. The van der Waals surface area contributed by atoms with Gasteiger partial charge in [0.25, 0.3) is 0 Å². The molecule has 1 heterocycles. The van der Waals surface area contributed by atoms with Gasteiger partial charge in [0.1, 0.15) is 0 Å². The van der Waals surface area contributed by atoms with Crippen molar-refractivity contribution in [3.63, 3.8) is 0 Å². The first kappa shape index (κ1) is 10.2. The Bertz CT molecular complexity index is 199. The first-order valence-electron chi connectivity index (χ1n) is 4.46. The third kappa shape index (κ3) is 4.65. The van der Waals surface area contributed by atoms with Crippen LogP contribution in [0.25, 0.3) is 0 Å². The normalized spacial score (nSPS) is 10.5. The Morgan fingerprint density at radius 3 is 2.92 bits per heavy atom. The Hall–Kier alpha value is -0.870. The lowest BCUT2D eigenvalue weighted by atomic mass is 10.4. The zero-order valence-corrected chi connectivity index (χ0v) is 7.98. The Morgan fingerprint density at radius 1 is 1.31 bits per heavy atom. The van der Waals surface area contributed by atoms with E-state index in [1.54, 1.807) is 13.3 Å². The van der Waals surface area contributed by atoms with E-state index in [1.165, 1.54) is 0 Å². The van der Waals surface area contributed by atoms with E-state index < -0.39 is 0 Å². The van der Waals surface area contributed by atoms with E-state index in [0.29, 0.717) is 13.2 Å². The van der Waals surface area contributed by atoms with E-state index in [1.807, 2.05) is 17.1 Å². The van der Waals surface area contributed by atoms with Crippen LogP contribution in [0.15, 0.2) is 18.7 Å². The number of nitrogens with zero attached hydrogens (tertiary/aromatic N) is 2. The minimum absolute atomic E-state index is 0.672. The Balaban J connectivity index is 1.90. The maximum absolute atomic E-state index is 5.31. The smallest absolute Gasteiger partial charge is 0.0945 e. The average molecular weight is 184 g/mol. The van der Waals surface area contributed by atoms with Gasteiger partial charge in [-0.25, -0.2) is 4.98 Å². The van der Waals surface area contributed by atoms with Crippen molar-refractivity contribution in [2.24, 2.45) is 0 Å². The molecule has 0 fully saturated rings. The summed E-state index contributed by atoms with van der Waals surface area (Å²) in [4.78, 5) is 3.95. The van der Waals surface area contributed by atoms with Gasteiger partial charge < -0.3 is 14.0 Å². The number of aromatic nitrogens is 2. The van der Waals surface area contributed by atoms with E-state index in [4.69, 9.17) is 9.47 Å². The SMILES string of the molecule is COCCOCCCn1ccnc1. The number of aryl methyl sites for hydroxylation is 1. The number of rotatable bonds is 7. The van der Waals surface area contributed by atoms with Gasteiger partial charge in [-0.1, -0.05) is 0 Å². The van der Waals surface area contributed by atoms with E-state index >= 15 is 0 Å². The molecule has 0 bridgehead atoms. The van der Waals surface area contributed by atoms with Crippen molar-refractivity contribution in [2.75, 3.05) is 26.9 Å². The molecule has 4 nitrogen and oxygen atoms in total. The zero-order valence-electron chi connectivity index (χ0n) is 7.98. The third-order valence-electron chi connectivity index (χ3n) is 1.70. The molecule has 74 valence electrons. The van der Waals surface area contributed by atoms with Crippen LogP contribution in [0.5, 0.6) is 0 Å². The van der Waals surface area contributed by atoms with Crippen molar-refractivity contribution >= 4 is 0 Å². The highest BCUT2D eigenvalue weighted by Crippen LogP contribution is 1.91. The van der Waals surface area contributed by atoms with Crippen molar-refractivity contribution < 1.29 is 9.47 Å². The van der Waals surface area contributed by atoms with Gasteiger partial charge >= 0.3 is 0 Å². The fourth-order valence-electron chi connectivity index (χ4n) is 1.01. The lowest BCUT2D eigenvalue weighted by Gasteiger charge is -2.03. The molecule has 0 atom stereocenters. The number of ether oxygens (including phenoxy) is 2. The minimum Gasteiger partial charge on any atom is -0.382 e. The van der Waals surface area contributed by atoms with Crippen molar-refractivity contribution in [1.29, 1.82) is 0 Å². The van der Waals surface area contributed by atoms with Crippen LogP contribution in [0.1, 0.15) is 6.42 Å². The molecule has 0 N–H and O–H groups in total. The van der Waals surface area contributed by atoms with Gasteiger partial charge in [-0.05, 0) is 6.42 Å². The molecule has 0 radical (unpaired) electrons. The molecule has 1 aromatic heterocycles. The summed E-state index contributed by atoms with van der Waals surface area (Å²) in [6, 6.07) is 0. The van der Waals surface area contributed by atoms with E-state index in [-0.39, 0.29) is 0 Å². The molecule has 0 amide bonds. The minimum atomic E-state index is 0.672. The summed E-state index contributed by atoms with van der Waals surface area (Å²) >= 11 is 0. The van der Waals surface area contributed by atoms with Gasteiger partial charge in [-0.3, -0.25) is 0 Å². The van der Waals surface area contributed by atoms with Crippen LogP contribution in [0.4, 0.5) is 0 Å². The van der Waals surface area contributed by atoms with Gasteiger partial charge in [0.15, 0.2) is 0 Å². The fraction of sp³-hybridized carbons (Fsp3) is 0.667. The molecule has 1 aromatic rings. The van der Waals surface area contributed by atoms with Crippen molar-refractivity contribution in [3.05, 3.63) is 18.7 Å². The lowest BCUT2D eigenvalue weighted by Crippen LogP contribution is -2.05. The molecule has 0 saturated heterocycles. The van der Waals surface area contributed by atoms with E-state index in [0.717, 1.165) is 19.6 Å². The molecule has 0 aromatic carbocycles. The lowest BCUT2D eigenvalue weighted by molar-refractivity contribution is 0.0680. The van der Waals surface area contributed by atoms with Crippen molar-refractivity contribution in [1.82, 2.24) is 9.55 Å². The molecule has 0 unspecified atom stereocenters. The summed E-state index contributed by atoms with van der Waals surface area (Å²) in [6.45, 7) is 3.10. The van der Waals surface area contributed by atoms with Crippen LogP contribution >= 0.6 is 0 Å². The molecule has 0 aliphatic heterocycles. The van der Waals surface area contributed by atoms with Gasteiger partial charge in [0, 0.05) is 32.7 Å². The molecular weight excluding hydrogens is 168 g/mol. The Morgan fingerprint density at radius 2 is 2.23 bits per heavy atom. The first-order chi connectivity index (χ1) is 6.43. The van der Waals surface area contributed by atoms with E-state index in [9.17, 15) is 0 Å². The van der Waals surface area contributed by atoms with Gasteiger partial charge in [-0.15, -0.1) is 0 Å². The van der Waals surface area contributed by atoms with Crippen LogP contribution in [-0.2, 0) is 16.0 Å². The maximum atomic E-state index is 5.31. The summed E-state index contributed by atoms with van der Waals surface area (Å²) in [5.41, 5.74) is 0. The first-order valence-corrected chi connectivity index (χ1v) is 4.46.